The first-order valence-corrected chi connectivity index (χ1v) is 8.19. The molecule has 0 fully saturated rings. The molecule has 0 unspecified atom stereocenters. The standard InChI is InChI=1S/C12H12ClN3O4S/c1-21(18,19)12-16-15-10(20-12)6-7-14-11(17)8-2-4-9(13)5-3-8/h2-5H,6-7H2,1H3,(H,14,17). The van der Waals surface area contributed by atoms with Crippen molar-refractivity contribution < 1.29 is 17.6 Å². The summed E-state index contributed by atoms with van der Waals surface area (Å²) in [6.07, 6.45) is 1.22. The van der Waals surface area contributed by atoms with Crippen molar-refractivity contribution in [3.8, 4) is 0 Å². The molecule has 2 aromatic rings. The van der Waals surface area contributed by atoms with E-state index in [4.69, 9.17) is 16.0 Å². The SMILES string of the molecule is CS(=O)(=O)c1nnc(CCNC(=O)c2ccc(Cl)cc2)o1. The van der Waals surface area contributed by atoms with E-state index in [1.54, 1.807) is 24.3 Å². The Balaban J connectivity index is 1.88. The minimum Gasteiger partial charge on any atom is -0.412 e. The molecule has 1 N–H and O–H groups in total. The van der Waals surface area contributed by atoms with Crippen molar-refractivity contribution in [1.82, 2.24) is 15.5 Å². The number of amides is 1. The largest absolute Gasteiger partial charge is 0.412 e. The Morgan fingerprint density at radius 1 is 1.29 bits per heavy atom. The Bertz CT molecular complexity index is 740. The van der Waals surface area contributed by atoms with Gasteiger partial charge in [0.1, 0.15) is 0 Å². The Morgan fingerprint density at radius 3 is 2.52 bits per heavy atom. The number of carbonyl (C=O) groups excluding carboxylic acids is 1. The molecule has 1 aromatic heterocycles. The third kappa shape index (κ3) is 4.27. The number of hydrogen-bond donors (Lipinski definition) is 1. The molecule has 0 saturated carbocycles. The molecule has 0 aliphatic rings. The van der Waals surface area contributed by atoms with Crippen molar-refractivity contribution in [2.24, 2.45) is 0 Å². The minimum absolute atomic E-state index is 0.145. The van der Waals surface area contributed by atoms with Crippen LogP contribution in [0, 0.1) is 0 Å². The molecule has 0 aliphatic carbocycles. The molecule has 1 aromatic carbocycles. The fraction of sp³-hybridized carbons (Fsp3) is 0.250. The van der Waals surface area contributed by atoms with Crippen LogP contribution in [0.15, 0.2) is 33.9 Å². The molecule has 1 amide bonds. The lowest BCUT2D eigenvalue weighted by Gasteiger charge is -2.03. The molecule has 7 nitrogen and oxygen atoms in total. The summed E-state index contributed by atoms with van der Waals surface area (Å²) in [5.74, 6) is -0.124. The number of nitrogens with zero attached hydrogens (tertiary/aromatic N) is 2. The van der Waals surface area contributed by atoms with E-state index in [1.807, 2.05) is 0 Å². The van der Waals surface area contributed by atoms with Crippen LogP contribution in [0.1, 0.15) is 16.2 Å². The zero-order valence-electron chi connectivity index (χ0n) is 11.0. The second-order valence-corrected chi connectivity index (χ2v) is 6.58. The molecule has 1 heterocycles. The van der Waals surface area contributed by atoms with Crippen LogP contribution >= 0.6 is 11.6 Å². The Kier molecular flexibility index (Phi) is 4.59. The lowest BCUT2D eigenvalue weighted by Crippen LogP contribution is -2.25. The normalized spacial score (nSPS) is 11.3. The summed E-state index contributed by atoms with van der Waals surface area (Å²) < 4.78 is 27.3. The van der Waals surface area contributed by atoms with E-state index in [0.717, 1.165) is 6.26 Å². The smallest absolute Gasteiger partial charge is 0.335 e. The fourth-order valence-electron chi connectivity index (χ4n) is 1.48. The Labute approximate surface area is 126 Å². The highest BCUT2D eigenvalue weighted by atomic mass is 35.5. The van der Waals surface area contributed by atoms with Gasteiger partial charge in [0.25, 0.3) is 5.91 Å². The number of rotatable bonds is 5. The first-order chi connectivity index (χ1) is 9.86. The zero-order valence-corrected chi connectivity index (χ0v) is 12.6. The van der Waals surface area contributed by atoms with Crippen molar-refractivity contribution in [2.75, 3.05) is 12.8 Å². The van der Waals surface area contributed by atoms with Crippen LogP contribution in [-0.4, -0.2) is 37.3 Å². The van der Waals surface area contributed by atoms with E-state index < -0.39 is 15.1 Å². The van der Waals surface area contributed by atoms with Gasteiger partial charge in [-0.2, -0.15) is 0 Å². The Hall–Kier alpha value is -1.93. The lowest BCUT2D eigenvalue weighted by atomic mass is 10.2. The minimum atomic E-state index is -3.51. The van der Waals surface area contributed by atoms with Crippen molar-refractivity contribution in [2.45, 2.75) is 11.6 Å². The highest BCUT2D eigenvalue weighted by Crippen LogP contribution is 2.09. The van der Waals surface area contributed by atoms with Crippen LogP contribution in [-0.2, 0) is 16.3 Å². The van der Waals surface area contributed by atoms with Crippen molar-refractivity contribution in [3.63, 3.8) is 0 Å². The third-order valence-corrected chi connectivity index (χ3v) is 3.55. The van der Waals surface area contributed by atoms with E-state index in [1.165, 1.54) is 0 Å². The van der Waals surface area contributed by atoms with Gasteiger partial charge in [-0.1, -0.05) is 16.7 Å². The topological polar surface area (TPSA) is 102 Å². The van der Waals surface area contributed by atoms with Crippen LogP contribution in [0.5, 0.6) is 0 Å². The van der Waals surface area contributed by atoms with E-state index in [-0.39, 0.29) is 24.8 Å². The number of aromatic nitrogens is 2. The maximum atomic E-state index is 11.8. The van der Waals surface area contributed by atoms with Gasteiger partial charge in [0.2, 0.25) is 15.7 Å². The van der Waals surface area contributed by atoms with Crippen LogP contribution in [0.25, 0.3) is 0 Å². The first-order valence-electron chi connectivity index (χ1n) is 5.92. The summed E-state index contributed by atoms with van der Waals surface area (Å²) >= 11 is 5.73. The molecule has 0 radical (unpaired) electrons. The third-order valence-electron chi connectivity index (χ3n) is 2.50. The van der Waals surface area contributed by atoms with E-state index in [0.29, 0.717) is 10.6 Å². The average Bonchev–Trinajstić information content (AvgIpc) is 2.88. The summed E-state index contributed by atoms with van der Waals surface area (Å²) in [7, 11) is -3.51. The second-order valence-electron chi connectivity index (χ2n) is 4.25. The molecule has 112 valence electrons. The summed E-state index contributed by atoms with van der Waals surface area (Å²) in [5.41, 5.74) is 0.474. The maximum Gasteiger partial charge on any atom is 0.335 e. The van der Waals surface area contributed by atoms with Gasteiger partial charge in [-0.3, -0.25) is 4.79 Å². The molecule has 0 atom stereocenters. The van der Waals surface area contributed by atoms with Crippen LogP contribution in [0.3, 0.4) is 0 Å². The Morgan fingerprint density at radius 2 is 1.95 bits per heavy atom. The van der Waals surface area contributed by atoms with Gasteiger partial charge in [-0.05, 0) is 24.3 Å². The average molecular weight is 330 g/mol. The molecule has 9 heteroatoms. The van der Waals surface area contributed by atoms with Crippen LogP contribution in [0.4, 0.5) is 0 Å². The molecule has 0 bridgehead atoms. The van der Waals surface area contributed by atoms with Gasteiger partial charge < -0.3 is 9.73 Å². The lowest BCUT2D eigenvalue weighted by molar-refractivity contribution is 0.0953. The van der Waals surface area contributed by atoms with E-state index in [9.17, 15) is 13.2 Å². The highest BCUT2D eigenvalue weighted by molar-refractivity contribution is 7.90. The molecule has 0 aliphatic heterocycles. The van der Waals surface area contributed by atoms with Gasteiger partial charge in [0, 0.05) is 29.8 Å². The predicted molar refractivity (Wildman–Crippen MR) is 74.9 cm³/mol. The molecule has 2 rings (SSSR count). The van der Waals surface area contributed by atoms with Crippen molar-refractivity contribution in [3.05, 3.63) is 40.7 Å². The highest BCUT2D eigenvalue weighted by Gasteiger charge is 2.16. The van der Waals surface area contributed by atoms with E-state index in [2.05, 4.69) is 15.5 Å². The summed E-state index contributed by atoms with van der Waals surface area (Å²) in [5, 5.41) is 9.79. The summed E-state index contributed by atoms with van der Waals surface area (Å²) in [6, 6.07) is 6.44. The van der Waals surface area contributed by atoms with Crippen molar-refractivity contribution >= 4 is 27.3 Å². The number of hydrogen-bond acceptors (Lipinski definition) is 6. The number of carbonyl (C=O) groups is 1. The van der Waals surface area contributed by atoms with Crippen LogP contribution < -0.4 is 5.32 Å². The summed E-state index contributed by atoms with van der Waals surface area (Å²) in [4.78, 5) is 11.8. The second kappa shape index (κ2) is 6.23. The fourth-order valence-corrected chi connectivity index (χ4v) is 2.04. The van der Waals surface area contributed by atoms with Gasteiger partial charge in [0.15, 0.2) is 0 Å². The number of halogens is 1. The van der Waals surface area contributed by atoms with Crippen LogP contribution in [0.2, 0.25) is 5.02 Å². The monoisotopic (exact) mass is 329 g/mol. The molecule has 0 saturated heterocycles. The predicted octanol–water partition coefficient (Wildman–Crippen LogP) is 1.10. The zero-order chi connectivity index (χ0) is 15.5. The van der Waals surface area contributed by atoms with Gasteiger partial charge in [-0.25, -0.2) is 8.42 Å². The molecular formula is C12H12ClN3O4S. The van der Waals surface area contributed by atoms with Crippen molar-refractivity contribution in [1.29, 1.82) is 0 Å². The van der Waals surface area contributed by atoms with E-state index >= 15 is 0 Å². The quantitative estimate of drug-likeness (QED) is 0.881. The number of benzene rings is 1. The van der Waals surface area contributed by atoms with Gasteiger partial charge in [0.05, 0.1) is 0 Å². The first kappa shape index (κ1) is 15.5. The summed E-state index contributed by atoms with van der Waals surface area (Å²) in [6.45, 7) is 0.243. The number of sulfone groups is 1. The van der Waals surface area contributed by atoms with Gasteiger partial charge >= 0.3 is 5.22 Å². The van der Waals surface area contributed by atoms with Gasteiger partial charge in [-0.15, -0.1) is 5.10 Å². The molecular weight excluding hydrogens is 318 g/mol. The molecule has 0 spiro atoms. The number of nitrogens with one attached hydrogen (secondary N) is 1. The molecule has 21 heavy (non-hydrogen) atoms. The maximum absolute atomic E-state index is 11.8.